The fraction of sp³-hybridized carbons (Fsp3) is 0.475. The number of ether oxygens (including phenoxy) is 1. The van der Waals surface area contributed by atoms with E-state index in [1.165, 1.54) is 11.6 Å². The van der Waals surface area contributed by atoms with Gasteiger partial charge in [-0.2, -0.15) is 18.4 Å². The number of imidazole rings is 1. The summed E-state index contributed by atoms with van der Waals surface area (Å²) >= 11 is 0. The second-order valence-electron chi connectivity index (χ2n) is 14.6. The maximum Gasteiger partial charge on any atom is 0.417 e. The number of rotatable bonds is 10. The average molecular weight is 746 g/mol. The van der Waals surface area contributed by atoms with Crippen LogP contribution in [0.2, 0.25) is 0 Å². The molecule has 4 aromatic rings. The van der Waals surface area contributed by atoms with Crippen molar-refractivity contribution in [1.82, 2.24) is 19.4 Å². The number of piperidine rings is 2. The van der Waals surface area contributed by atoms with E-state index >= 15 is 0 Å². The van der Waals surface area contributed by atoms with E-state index in [0.29, 0.717) is 49.7 Å². The first-order valence-corrected chi connectivity index (χ1v) is 18.8. The van der Waals surface area contributed by atoms with E-state index in [1.54, 1.807) is 28.3 Å². The van der Waals surface area contributed by atoms with Gasteiger partial charge in [-0.3, -0.25) is 18.8 Å². The van der Waals surface area contributed by atoms with Gasteiger partial charge in [-0.25, -0.2) is 4.79 Å². The lowest BCUT2D eigenvalue weighted by atomic mass is 9.89. The van der Waals surface area contributed by atoms with Gasteiger partial charge < -0.3 is 25.0 Å². The molecule has 14 heteroatoms. The van der Waals surface area contributed by atoms with Crippen LogP contribution >= 0.6 is 0 Å². The average Bonchev–Trinajstić information content (AvgIpc) is 3.42. The Morgan fingerprint density at radius 1 is 0.852 bits per heavy atom. The lowest BCUT2D eigenvalue weighted by Gasteiger charge is -2.36. The van der Waals surface area contributed by atoms with Crippen LogP contribution in [0.4, 0.5) is 24.5 Å². The van der Waals surface area contributed by atoms with Gasteiger partial charge in [0.25, 0.3) is 0 Å². The molecule has 3 saturated heterocycles. The highest BCUT2D eigenvalue weighted by Gasteiger charge is 2.35. The number of hydrogen-bond acceptors (Lipinski definition) is 8. The lowest BCUT2D eigenvalue weighted by Crippen LogP contribution is -2.46. The number of alkyl halides is 3. The Hall–Kier alpha value is -5.00. The van der Waals surface area contributed by atoms with Gasteiger partial charge in [-0.15, -0.1) is 0 Å². The molecule has 3 fully saturated rings. The van der Waals surface area contributed by atoms with E-state index in [4.69, 9.17) is 10.00 Å². The monoisotopic (exact) mass is 745 g/mol. The van der Waals surface area contributed by atoms with E-state index in [2.05, 4.69) is 27.2 Å². The van der Waals surface area contributed by atoms with Crippen LogP contribution in [0, 0.1) is 11.3 Å². The molecule has 54 heavy (non-hydrogen) atoms. The van der Waals surface area contributed by atoms with Crippen molar-refractivity contribution in [3.63, 3.8) is 0 Å². The highest BCUT2D eigenvalue weighted by atomic mass is 19.4. The number of benzene rings is 3. The Kier molecular flexibility index (Phi) is 10.9. The number of aryl methyl sites for hydroxylation is 1. The molecule has 3 aromatic carbocycles. The van der Waals surface area contributed by atoms with Gasteiger partial charge in [0.05, 0.1) is 34.8 Å². The second kappa shape index (κ2) is 15.8. The summed E-state index contributed by atoms with van der Waals surface area (Å²) in [6.45, 7) is 6.53. The molecular formula is C40H46F3N7O4. The standard InChI is InChI=1S/C40H46F3N7O4/c1-46-36-25-31(8-11-34(36)50(39(46)53)35-12-13-37(51)45-38(35)52)49-21-19-47(20-22-49)16-2-3-23-54-32-9-5-27(6-10-32)28-14-17-48(18-15-28)30-7-4-29(26-44)33(24-30)40(41,42)43/h4-11,24-25,28,35,37,51H,2-3,12-23H2,1H3,(H,45,52). The maximum absolute atomic E-state index is 13.5. The number of anilines is 2. The third-order valence-electron chi connectivity index (χ3n) is 11.2. The molecule has 7 rings (SSSR count). The predicted molar refractivity (Wildman–Crippen MR) is 200 cm³/mol. The molecule has 2 N–H and O–H groups in total. The van der Waals surface area contributed by atoms with Crippen molar-refractivity contribution in [3.05, 3.63) is 87.8 Å². The van der Waals surface area contributed by atoms with Crippen molar-refractivity contribution in [2.45, 2.75) is 62.9 Å². The van der Waals surface area contributed by atoms with Gasteiger partial charge >= 0.3 is 11.9 Å². The van der Waals surface area contributed by atoms with E-state index in [1.807, 2.05) is 35.2 Å². The number of aliphatic hydroxyl groups excluding tert-OH is 1. The quantitative estimate of drug-likeness (QED) is 0.208. The predicted octanol–water partition coefficient (Wildman–Crippen LogP) is 5.37. The van der Waals surface area contributed by atoms with Crippen molar-refractivity contribution in [2.24, 2.45) is 7.05 Å². The molecule has 1 amide bonds. The molecule has 0 spiro atoms. The number of fused-ring (bicyclic) bond motifs is 1. The SMILES string of the molecule is Cn1c(=O)n(C2CCC(O)NC2=O)c2ccc(N3CCN(CCCCOc4ccc(C5CCN(c6ccc(C#N)c(C(F)(F)F)c6)CC5)cc4)CC3)cc21. The van der Waals surface area contributed by atoms with Crippen LogP contribution in [0.5, 0.6) is 5.75 Å². The third kappa shape index (κ3) is 7.93. The summed E-state index contributed by atoms with van der Waals surface area (Å²) in [4.78, 5) is 32.5. The molecule has 2 unspecified atom stereocenters. The number of carbonyl (C=O) groups excluding carboxylic acids is 1. The highest BCUT2D eigenvalue weighted by Crippen LogP contribution is 2.37. The van der Waals surface area contributed by atoms with Crippen LogP contribution in [0.1, 0.15) is 67.2 Å². The van der Waals surface area contributed by atoms with Gasteiger partial charge in [-0.05, 0) is 105 Å². The van der Waals surface area contributed by atoms with Crippen molar-refractivity contribution in [3.8, 4) is 11.8 Å². The fourth-order valence-corrected chi connectivity index (χ4v) is 8.10. The van der Waals surface area contributed by atoms with Crippen molar-refractivity contribution >= 4 is 28.3 Å². The molecule has 1 aromatic heterocycles. The number of amides is 1. The van der Waals surface area contributed by atoms with Crippen LogP contribution < -0.4 is 25.5 Å². The number of carbonyl (C=O) groups is 1. The summed E-state index contributed by atoms with van der Waals surface area (Å²) in [7, 11) is 1.73. The zero-order chi connectivity index (χ0) is 38.0. The molecule has 11 nitrogen and oxygen atoms in total. The molecule has 0 aliphatic carbocycles. The number of nitrogens with zero attached hydrogens (tertiary/aromatic N) is 6. The first-order valence-electron chi connectivity index (χ1n) is 18.8. The Bertz CT molecular complexity index is 2060. The molecule has 4 heterocycles. The molecule has 2 atom stereocenters. The normalized spacial score (nSPS) is 20.3. The van der Waals surface area contributed by atoms with E-state index in [0.717, 1.165) is 81.4 Å². The Morgan fingerprint density at radius 3 is 2.22 bits per heavy atom. The zero-order valence-electron chi connectivity index (χ0n) is 30.4. The third-order valence-corrected chi connectivity index (χ3v) is 11.2. The van der Waals surface area contributed by atoms with Crippen LogP contribution in [0.3, 0.4) is 0 Å². The maximum atomic E-state index is 13.5. The molecule has 0 radical (unpaired) electrons. The first-order chi connectivity index (χ1) is 26.0. The molecule has 3 aliphatic heterocycles. The van der Waals surface area contributed by atoms with Crippen LogP contribution in [0.25, 0.3) is 11.0 Å². The molecule has 3 aliphatic rings. The first kappa shape index (κ1) is 37.3. The van der Waals surface area contributed by atoms with Gasteiger partial charge in [0.15, 0.2) is 0 Å². The minimum Gasteiger partial charge on any atom is -0.494 e. The van der Waals surface area contributed by atoms with Gasteiger partial charge in [0.2, 0.25) is 5.91 Å². The zero-order valence-corrected chi connectivity index (χ0v) is 30.4. The molecular weight excluding hydrogens is 699 g/mol. The number of hydrogen-bond donors (Lipinski definition) is 2. The summed E-state index contributed by atoms with van der Waals surface area (Å²) in [5.41, 5.74) is 2.77. The van der Waals surface area contributed by atoms with Crippen molar-refractivity contribution in [1.29, 1.82) is 5.26 Å². The number of aromatic nitrogens is 2. The van der Waals surface area contributed by atoms with Gasteiger partial charge in [-0.1, -0.05) is 12.1 Å². The summed E-state index contributed by atoms with van der Waals surface area (Å²) in [6.07, 6.45) is -1.01. The Balaban J connectivity index is 0.825. The van der Waals surface area contributed by atoms with Gasteiger partial charge in [0.1, 0.15) is 18.0 Å². The minimum absolute atomic E-state index is 0.240. The van der Waals surface area contributed by atoms with Gasteiger partial charge in [0, 0.05) is 57.7 Å². The van der Waals surface area contributed by atoms with Crippen LogP contribution in [0.15, 0.2) is 65.5 Å². The lowest BCUT2D eigenvalue weighted by molar-refractivity contribution is -0.137. The van der Waals surface area contributed by atoms with E-state index < -0.39 is 24.0 Å². The topological polar surface area (TPSA) is 119 Å². The summed E-state index contributed by atoms with van der Waals surface area (Å²) < 4.78 is 49.5. The number of nitriles is 1. The highest BCUT2D eigenvalue weighted by molar-refractivity contribution is 5.86. The second-order valence-corrected chi connectivity index (χ2v) is 14.6. The summed E-state index contributed by atoms with van der Waals surface area (Å²) in [5.74, 6) is 0.811. The smallest absolute Gasteiger partial charge is 0.417 e. The largest absolute Gasteiger partial charge is 0.494 e. The summed E-state index contributed by atoms with van der Waals surface area (Å²) in [6, 6.07) is 19.1. The Morgan fingerprint density at radius 2 is 1.54 bits per heavy atom. The van der Waals surface area contributed by atoms with Crippen LogP contribution in [-0.2, 0) is 18.0 Å². The van der Waals surface area contributed by atoms with Crippen molar-refractivity contribution in [2.75, 3.05) is 62.2 Å². The van der Waals surface area contributed by atoms with Crippen molar-refractivity contribution < 1.29 is 27.8 Å². The minimum atomic E-state index is -4.57. The number of piperazine rings is 1. The van der Waals surface area contributed by atoms with Crippen LogP contribution in [-0.4, -0.2) is 83.7 Å². The number of unbranched alkanes of at least 4 members (excludes halogenated alkanes) is 1. The number of halogens is 3. The number of nitrogens with one attached hydrogen (secondary N) is 1. The number of aliphatic hydroxyl groups is 1. The summed E-state index contributed by atoms with van der Waals surface area (Å²) in [5, 5.41) is 21.4. The van der Waals surface area contributed by atoms with E-state index in [9.17, 15) is 27.9 Å². The van der Waals surface area contributed by atoms with E-state index in [-0.39, 0.29) is 17.2 Å². The molecule has 286 valence electrons. The fourth-order valence-electron chi connectivity index (χ4n) is 8.10. The Labute approximate surface area is 312 Å². The molecule has 0 bridgehead atoms. The molecule has 0 saturated carbocycles.